The SMILES string of the molecule is CCCCC1CCC(c2nnnn2C(C(=O)O)C(C)O)CC1. The van der Waals surface area contributed by atoms with E-state index < -0.39 is 18.1 Å². The van der Waals surface area contributed by atoms with Gasteiger partial charge in [0.1, 0.15) is 0 Å². The van der Waals surface area contributed by atoms with Crippen LogP contribution in [0.25, 0.3) is 0 Å². The summed E-state index contributed by atoms with van der Waals surface area (Å²) in [7, 11) is 0. The fourth-order valence-corrected chi connectivity index (χ4v) is 3.38. The van der Waals surface area contributed by atoms with E-state index in [0.29, 0.717) is 5.82 Å². The highest BCUT2D eigenvalue weighted by Crippen LogP contribution is 2.37. The molecule has 2 N–H and O–H groups in total. The molecule has 0 aliphatic heterocycles. The number of rotatable bonds is 7. The molecule has 2 rings (SSSR count). The van der Waals surface area contributed by atoms with Crippen molar-refractivity contribution in [3.63, 3.8) is 0 Å². The predicted molar refractivity (Wildman–Crippen MR) is 80.4 cm³/mol. The van der Waals surface area contributed by atoms with Crippen molar-refractivity contribution in [3.8, 4) is 0 Å². The van der Waals surface area contributed by atoms with Crippen LogP contribution in [-0.2, 0) is 4.79 Å². The number of carboxylic acid groups (broad SMARTS) is 1. The number of hydrogen-bond donors (Lipinski definition) is 2. The molecular weight excluding hydrogens is 284 g/mol. The first kappa shape index (κ1) is 16.9. The third-order valence-corrected chi connectivity index (χ3v) is 4.67. The number of carboxylic acids is 1. The first-order valence-corrected chi connectivity index (χ1v) is 8.23. The molecule has 1 aliphatic rings. The number of nitrogens with zero attached hydrogens (tertiary/aromatic N) is 4. The largest absolute Gasteiger partial charge is 0.480 e. The number of aromatic nitrogens is 4. The molecular formula is C15H26N4O3. The third kappa shape index (κ3) is 3.82. The number of aliphatic hydroxyl groups excluding tert-OH is 1. The minimum Gasteiger partial charge on any atom is -0.480 e. The average Bonchev–Trinajstić information content (AvgIpc) is 2.94. The Kier molecular flexibility index (Phi) is 5.88. The smallest absolute Gasteiger partial charge is 0.331 e. The molecule has 1 heterocycles. The molecule has 0 bridgehead atoms. The van der Waals surface area contributed by atoms with Gasteiger partial charge in [0.25, 0.3) is 0 Å². The second-order valence-corrected chi connectivity index (χ2v) is 6.37. The van der Waals surface area contributed by atoms with Crippen LogP contribution in [0.3, 0.4) is 0 Å². The van der Waals surface area contributed by atoms with Crippen LogP contribution in [0.15, 0.2) is 0 Å². The van der Waals surface area contributed by atoms with Gasteiger partial charge in [0.2, 0.25) is 0 Å². The Morgan fingerprint density at radius 3 is 2.59 bits per heavy atom. The van der Waals surface area contributed by atoms with Crippen molar-refractivity contribution >= 4 is 5.97 Å². The van der Waals surface area contributed by atoms with E-state index in [1.54, 1.807) is 0 Å². The lowest BCUT2D eigenvalue weighted by molar-refractivity contribution is -0.144. The van der Waals surface area contributed by atoms with Crippen molar-refractivity contribution in [2.24, 2.45) is 5.92 Å². The van der Waals surface area contributed by atoms with Gasteiger partial charge in [0.15, 0.2) is 11.9 Å². The number of carbonyl (C=O) groups is 1. The Bertz CT molecular complexity index is 481. The summed E-state index contributed by atoms with van der Waals surface area (Å²) in [4.78, 5) is 11.4. The lowest BCUT2D eigenvalue weighted by atomic mass is 9.79. The molecule has 7 heteroatoms. The maximum absolute atomic E-state index is 11.4. The van der Waals surface area contributed by atoms with Crippen molar-refractivity contribution in [2.45, 2.75) is 76.9 Å². The van der Waals surface area contributed by atoms with E-state index in [-0.39, 0.29) is 5.92 Å². The lowest BCUT2D eigenvalue weighted by Gasteiger charge is -2.28. The maximum atomic E-state index is 11.4. The second-order valence-electron chi connectivity index (χ2n) is 6.37. The second kappa shape index (κ2) is 7.67. The zero-order valence-electron chi connectivity index (χ0n) is 13.4. The Balaban J connectivity index is 2.06. The molecule has 1 fully saturated rings. The number of aliphatic carboxylic acids is 1. The number of hydrogen-bond acceptors (Lipinski definition) is 5. The summed E-state index contributed by atoms with van der Waals surface area (Å²) in [6.45, 7) is 3.66. The third-order valence-electron chi connectivity index (χ3n) is 4.67. The highest BCUT2D eigenvalue weighted by atomic mass is 16.4. The first-order valence-electron chi connectivity index (χ1n) is 8.23. The summed E-state index contributed by atoms with van der Waals surface area (Å²) >= 11 is 0. The van der Waals surface area contributed by atoms with Crippen LogP contribution in [0.5, 0.6) is 0 Å². The minimum atomic E-state index is -1.12. The Morgan fingerprint density at radius 1 is 1.36 bits per heavy atom. The van der Waals surface area contributed by atoms with Crippen LogP contribution >= 0.6 is 0 Å². The molecule has 2 atom stereocenters. The fraction of sp³-hybridized carbons (Fsp3) is 0.867. The standard InChI is InChI=1S/C15H26N4O3/c1-3-4-5-11-6-8-12(9-7-11)14-16-17-18-19(14)13(10(2)20)15(21)22/h10-13,20H,3-9H2,1-2H3,(H,21,22). The van der Waals surface area contributed by atoms with Crippen LogP contribution in [0.1, 0.15) is 76.6 Å². The molecule has 2 unspecified atom stereocenters. The molecule has 0 spiro atoms. The summed E-state index contributed by atoms with van der Waals surface area (Å²) in [5.41, 5.74) is 0. The molecule has 0 amide bonds. The highest BCUT2D eigenvalue weighted by molar-refractivity contribution is 5.72. The monoisotopic (exact) mass is 310 g/mol. The van der Waals surface area contributed by atoms with Gasteiger partial charge in [-0.1, -0.05) is 26.2 Å². The summed E-state index contributed by atoms with van der Waals surface area (Å²) < 4.78 is 1.30. The molecule has 1 aliphatic carbocycles. The summed E-state index contributed by atoms with van der Waals surface area (Å²) in [5.74, 6) is 0.448. The van der Waals surface area contributed by atoms with E-state index >= 15 is 0 Å². The van der Waals surface area contributed by atoms with Gasteiger partial charge in [0, 0.05) is 5.92 Å². The van der Waals surface area contributed by atoms with Crippen molar-refractivity contribution in [3.05, 3.63) is 5.82 Å². The van der Waals surface area contributed by atoms with Gasteiger partial charge in [-0.05, 0) is 49.0 Å². The Labute approximate surface area is 130 Å². The number of unbranched alkanes of at least 4 members (excludes halogenated alkanes) is 1. The van der Waals surface area contributed by atoms with Crippen molar-refractivity contribution in [1.29, 1.82) is 0 Å². The van der Waals surface area contributed by atoms with E-state index in [9.17, 15) is 15.0 Å². The Hall–Kier alpha value is -1.50. The molecule has 0 aromatic carbocycles. The van der Waals surface area contributed by atoms with Crippen LogP contribution in [0.2, 0.25) is 0 Å². The van der Waals surface area contributed by atoms with Gasteiger partial charge in [0.05, 0.1) is 6.10 Å². The molecule has 1 aromatic rings. The van der Waals surface area contributed by atoms with Crippen LogP contribution in [0.4, 0.5) is 0 Å². The molecule has 0 radical (unpaired) electrons. The fourth-order valence-electron chi connectivity index (χ4n) is 3.38. The van der Waals surface area contributed by atoms with Gasteiger partial charge in [-0.25, -0.2) is 9.48 Å². The minimum absolute atomic E-state index is 0.188. The summed E-state index contributed by atoms with van der Waals surface area (Å²) in [6, 6.07) is -1.12. The normalized spacial score (nSPS) is 24.9. The average molecular weight is 310 g/mol. The van der Waals surface area contributed by atoms with Crippen molar-refractivity contribution < 1.29 is 15.0 Å². The zero-order chi connectivity index (χ0) is 16.1. The van der Waals surface area contributed by atoms with E-state index in [0.717, 1.165) is 31.6 Å². The number of aliphatic hydroxyl groups is 1. The Morgan fingerprint density at radius 2 is 2.05 bits per heavy atom. The molecule has 22 heavy (non-hydrogen) atoms. The molecule has 1 aromatic heterocycles. The molecule has 7 nitrogen and oxygen atoms in total. The quantitative estimate of drug-likeness (QED) is 0.800. The zero-order valence-corrected chi connectivity index (χ0v) is 13.4. The van der Waals surface area contributed by atoms with Crippen LogP contribution < -0.4 is 0 Å². The van der Waals surface area contributed by atoms with Gasteiger partial charge in [-0.3, -0.25) is 0 Å². The van der Waals surface area contributed by atoms with E-state index in [1.807, 2.05) is 0 Å². The topological polar surface area (TPSA) is 101 Å². The van der Waals surface area contributed by atoms with Gasteiger partial charge < -0.3 is 10.2 Å². The molecule has 1 saturated carbocycles. The highest BCUT2D eigenvalue weighted by Gasteiger charge is 2.33. The summed E-state index contributed by atoms with van der Waals surface area (Å²) in [6.07, 6.45) is 7.00. The van der Waals surface area contributed by atoms with Crippen LogP contribution in [0, 0.1) is 5.92 Å². The first-order chi connectivity index (χ1) is 10.5. The van der Waals surface area contributed by atoms with E-state index in [2.05, 4.69) is 22.4 Å². The molecule has 0 saturated heterocycles. The summed E-state index contributed by atoms with van der Waals surface area (Å²) in [5, 5.41) is 30.5. The molecule has 124 valence electrons. The lowest BCUT2D eigenvalue weighted by Crippen LogP contribution is -2.32. The van der Waals surface area contributed by atoms with Crippen LogP contribution in [-0.4, -0.2) is 42.5 Å². The van der Waals surface area contributed by atoms with Gasteiger partial charge in [-0.2, -0.15) is 0 Å². The van der Waals surface area contributed by atoms with Gasteiger partial charge >= 0.3 is 5.97 Å². The van der Waals surface area contributed by atoms with Crippen molar-refractivity contribution in [1.82, 2.24) is 20.2 Å². The number of tetrazole rings is 1. The van der Waals surface area contributed by atoms with E-state index in [4.69, 9.17) is 0 Å². The maximum Gasteiger partial charge on any atom is 0.331 e. The predicted octanol–water partition coefficient (Wildman–Crippen LogP) is 2.14. The van der Waals surface area contributed by atoms with Gasteiger partial charge in [-0.15, -0.1) is 5.10 Å². The van der Waals surface area contributed by atoms with E-state index in [1.165, 1.54) is 30.9 Å². The van der Waals surface area contributed by atoms with Crippen molar-refractivity contribution in [2.75, 3.05) is 0 Å².